The Morgan fingerprint density at radius 1 is 1.17 bits per heavy atom. The largest absolute Gasteiger partial charge is 0.456 e. The number of rotatable bonds is 7. The number of benzene rings is 2. The van der Waals surface area contributed by atoms with E-state index in [0.29, 0.717) is 11.4 Å². The van der Waals surface area contributed by atoms with Crippen LogP contribution >= 0.6 is 11.3 Å². The highest BCUT2D eigenvalue weighted by Crippen LogP contribution is 2.23. The van der Waals surface area contributed by atoms with Crippen LogP contribution in [0.1, 0.15) is 33.5 Å². The number of aromatic nitrogens is 1. The Morgan fingerprint density at radius 2 is 1.90 bits per heavy atom. The quantitative estimate of drug-likeness (QED) is 0.525. The molecule has 0 amide bonds. The minimum atomic E-state index is -3.81. The van der Waals surface area contributed by atoms with Gasteiger partial charge in [-0.25, -0.2) is 18.2 Å². The van der Waals surface area contributed by atoms with Crippen LogP contribution in [0.25, 0.3) is 0 Å². The van der Waals surface area contributed by atoms with Crippen molar-refractivity contribution in [2.45, 2.75) is 31.8 Å². The molecule has 0 aliphatic heterocycles. The van der Waals surface area contributed by atoms with E-state index in [4.69, 9.17) is 4.74 Å². The number of sulfonamides is 1. The van der Waals surface area contributed by atoms with Gasteiger partial charge in [0.15, 0.2) is 0 Å². The average molecular weight is 431 g/mol. The van der Waals surface area contributed by atoms with Crippen LogP contribution in [0.2, 0.25) is 0 Å². The molecule has 3 aromatic rings. The Balaban J connectivity index is 1.76. The number of carbonyl (C=O) groups excluding carboxylic acids is 1. The van der Waals surface area contributed by atoms with Crippen LogP contribution in [0.15, 0.2) is 58.8 Å². The zero-order valence-corrected chi connectivity index (χ0v) is 18.1. The number of hydrogen-bond acceptors (Lipinski definition) is 6. The number of nitrogens with zero attached hydrogens (tertiary/aromatic N) is 2. The fourth-order valence-electron chi connectivity index (χ4n) is 2.64. The second-order valence-electron chi connectivity index (χ2n) is 6.50. The fourth-order valence-corrected chi connectivity index (χ4v) is 4.61. The lowest BCUT2D eigenvalue weighted by molar-refractivity contribution is 0.0468. The summed E-state index contributed by atoms with van der Waals surface area (Å²) in [5.41, 5.74) is 2.44. The van der Waals surface area contributed by atoms with Crippen molar-refractivity contribution in [3.63, 3.8) is 0 Å². The summed E-state index contributed by atoms with van der Waals surface area (Å²) in [6.45, 7) is 3.99. The number of anilines is 1. The SMILES string of the molecule is CCc1nc(COC(=O)c2cccc(S(=O)(=O)N(C)c3ccc(C)cc3)c2)cs1. The summed E-state index contributed by atoms with van der Waals surface area (Å²) < 4.78 is 32.4. The van der Waals surface area contributed by atoms with Gasteiger partial charge in [-0.3, -0.25) is 4.31 Å². The van der Waals surface area contributed by atoms with Crippen molar-refractivity contribution >= 4 is 33.0 Å². The predicted octanol–water partition coefficient (Wildman–Crippen LogP) is 4.20. The number of thiazole rings is 1. The summed E-state index contributed by atoms with van der Waals surface area (Å²) >= 11 is 1.52. The number of ether oxygens (including phenoxy) is 1. The first-order valence-corrected chi connectivity index (χ1v) is 11.4. The lowest BCUT2D eigenvalue weighted by atomic mass is 10.2. The van der Waals surface area contributed by atoms with Crippen molar-refractivity contribution < 1.29 is 17.9 Å². The maximum atomic E-state index is 13.0. The molecule has 0 saturated heterocycles. The molecule has 0 radical (unpaired) electrons. The zero-order chi connectivity index (χ0) is 21.0. The van der Waals surface area contributed by atoms with Crippen LogP contribution in [0.5, 0.6) is 0 Å². The Kier molecular flexibility index (Phi) is 6.34. The van der Waals surface area contributed by atoms with Crippen molar-refractivity contribution in [3.8, 4) is 0 Å². The van der Waals surface area contributed by atoms with Crippen molar-refractivity contribution in [2.75, 3.05) is 11.4 Å². The summed E-state index contributed by atoms with van der Waals surface area (Å²) in [7, 11) is -2.33. The van der Waals surface area contributed by atoms with Gasteiger partial charge in [0.25, 0.3) is 10.0 Å². The summed E-state index contributed by atoms with van der Waals surface area (Å²) in [5.74, 6) is -0.592. The molecule has 0 fully saturated rings. The van der Waals surface area contributed by atoms with E-state index in [0.717, 1.165) is 17.0 Å². The van der Waals surface area contributed by atoms with Gasteiger partial charge >= 0.3 is 5.97 Å². The standard InChI is InChI=1S/C21H22N2O4S2/c1-4-20-22-17(14-28-20)13-27-21(24)16-6-5-7-19(12-16)29(25,26)23(3)18-10-8-15(2)9-11-18/h5-12,14H,4,13H2,1-3H3. The highest BCUT2D eigenvalue weighted by molar-refractivity contribution is 7.92. The summed E-state index contributed by atoms with van der Waals surface area (Å²) in [4.78, 5) is 16.8. The van der Waals surface area contributed by atoms with E-state index in [2.05, 4.69) is 4.98 Å². The molecule has 0 N–H and O–H groups in total. The Morgan fingerprint density at radius 3 is 2.55 bits per heavy atom. The first kappa shape index (κ1) is 21.0. The molecule has 0 saturated carbocycles. The van der Waals surface area contributed by atoms with E-state index in [-0.39, 0.29) is 17.1 Å². The zero-order valence-electron chi connectivity index (χ0n) is 16.5. The topological polar surface area (TPSA) is 76.6 Å². The third-order valence-electron chi connectivity index (χ3n) is 4.38. The molecule has 6 nitrogen and oxygen atoms in total. The molecule has 3 rings (SSSR count). The van der Waals surface area contributed by atoms with Crippen molar-refractivity contribution in [3.05, 3.63) is 75.7 Å². The number of aryl methyl sites for hydroxylation is 2. The monoisotopic (exact) mass is 430 g/mol. The van der Waals surface area contributed by atoms with Gasteiger partial charge < -0.3 is 4.74 Å². The third kappa shape index (κ3) is 4.83. The molecule has 0 bridgehead atoms. The molecular formula is C21H22N2O4S2. The number of hydrogen-bond donors (Lipinski definition) is 0. The molecule has 2 aromatic carbocycles. The highest BCUT2D eigenvalue weighted by Gasteiger charge is 2.22. The molecule has 0 aliphatic carbocycles. The average Bonchev–Trinajstić information content (AvgIpc) is 3.20. The maximum absolute atomic E-state index is 13.0. The lowest BCUT2D eigenvalue weighted by Gasteiger charge is -2.20. The van der Waals surface area contributed by atoms with Gasteiger partial charge in [-0.1, -0.05) is 30.7 Å². The molecular weight excluding hydrogens is 408 g/mol. The highest BCUT2D eigenvalue weighted by atomic mass is 32.2. The minimum absolute atomic E-state index is 0.0250. The van der Waals surface area contributed by atoms with E-state index < -0.39 is 16.0 Å². The molecule has 0 atom stereocenters. The van der Waals surface area contributed by atoms with Crippen molar-refractivity contribution in [2.24, 2.45) is 0 Å². The van der Waals surface area contributed by atoms with Crippen LogP contribution < -0.4 is 4.31 Å². The van der Waals surface area contributed by atoms with E-state index in [1.54, 1.807) is 12.1 Å². The van der Waals surface area contributed by atoms with E-state index >= 15 is 0 Å². The van der Waals surface area contributed by atoms with E-state index in [1.165, 1.54) is 47.0 Å². The molecule has 0 spiro atoms. The Bertz CT molecular complexity index is 1110. The molecule has 8 heteroatoms. The van der Waals surface area contributed by atoms with E-state index in [9.17, 15) is 13.2 Å². The van der Waals surface area contributed by atoms with Gasteiger partial charge in [-0.2, -0.15) is 0 Å². The van der Waals surface area contributed by atoms with Crippen LogP contribution in [0.3, 0.4) is 0 Å². The van der Waals surface area contributed by atoms with Crippen LogP contribution in [0.4, 0.5) is 5.69 Å². The molecule has 1 aromatic heterocycles. The third-order valence-corrected chi connectivity index (χ3v) is 7.20. The summed E-state index contributed by atoms with van der Waals surface area (Å²) in [6.07, 6.45) is 0.826. The fraction of sp³-hybridized carbons (Fsp3) is 0.238. The smallest absolute Gasteiger partial charge is 0.338 e. The normalized spacial score (nSPS) is 11.3. The van der Waals surface area contributed by atoms with Crippen LogP contribution in [-0.4, -0.2) is 26.4 Å². The van der Waals surface area contributed by atoms with Gasteiger partial charge in [0.1, 0.15) is 6.61 Å². The Labute approximate surface area is 174 Å². The first-order chi connectivity index (χ1) is 13.8. The molecule has 1 heterocycles. The second-order valence-corrected chi connectivity index (χ2v) is 9.41. The summed E-state index contributed by atoms with van der Waals surface area (Å²) in [5, 5.41) is 2.83. The summed E-state index contributed by atoms with van der Waals surface area (Å²) in [6, 6.07) is 13.0. The Hall–Kier alpha value is -2.71. The minimum Gasteiger partial charge on any atom is -0.456 e. The van der Waals surface area contributed by atoms with Gasteiger partial charge in [0.05, 0.1) is 26.8 Å². The molecule has 0 aliphatic rings. The predicted molar refractivity (Wildman–Crippen MR) is 114 cm³/mol. The second kappa shape index (κ2) is 8.75. The van der Waals surface area contributed by atoms with E-state index in [1.807, 2.05) is 31.4 Å². The molecule has 0 unspecified atom stereocenters. The maximum Gasteiger partial charge on any atom is 0.338 e. The van der Waals surface area contributed by atoms with Crippen LogP contribution in [-0.2, 0) is 27.8 Å². The van der Waals surface area contributed by atoms with Crippen molar-refractivity contribution in [1.29, 1.82) is 0 Å². The van der Waals surface area contributed by atoms with Crippen molar-refractivity contribution in [1.82, 2.24) is 4.98 Å². The van der Waals surface area contributed by atoms with Gasteiger partial charge in [-0.15, -0.1) is 11.3 Å². The molecule has 29 heavy (non-hydrogen) atoms. The molecule has 152 valence electrons. The van der Waals surface area contributed by atoms with Crippen LogP contribution in [0, 0.1) is 6.92 Å². The number of carbonyl (C=O) groups is 1. The van der Waals surface area contributed by atoms with Gasteiger partial charge in [0.2, 0.25) is 0 Å². The lowest BCUT2D eigenvalue weighted by Crippen LogP contribution is -2.26. The van der Waals surface area contributed by atoms with Gasteiger partial charge in [-0.05, 0) is 43.7 Å². The first-order valence-electron chi connectivity index (χ1n) is 9.07. The number of esters is 1. The van der Waals surface area contributed by atoms with Gasteiger partial charge in [0, 0.05) is 12.4 Å².